The highest BCUT2D eigenvalue weighted by Crippen LogP contribution is 2.41. The Morgan fingerprint density at radius 2 is 1.81 bits per heavy atom. The summed E-state index contributed by atoms with van der Waals surface area (Å²) in [7, 11) is 0. The van der Waals surface area contributed by atoms with Crippen molar-refractivity contribution in [2.75, 3.05) is 4.90 Å². The second kappa shape index (κ2) is 6.91. The number of fused-ring (bicyclic) bond motifs is 2. The second-order valence-electron chi connectivity index (χ2n) is 8.01. The van der Waals surface area contributed by atoms with Crippen LogP contribution in [0.1, 0.15) is 58.8 Å². The van der Waals surface area contributed by atoms with Crippen molar-refractivity contribution in [3.63, 3.8) is 0 Å². The van der Waals surface area contributed by atoms with Gasteiger partial charge in [0.2, 0.25) is 5.76 Å². The van der Waals surface area contributed by atoms with Gasteiger partial charge in [-0.1, -0.05) is 43.3 Å². The van der Waals surface area contributed by atoms with Crippen molar-refractivity contribution < 1.29 is 18.1 Å². The highest BCUT2D eigenvalue weighted by atomic mass is 19.1. The Morgan fingerprint density at radius 3 is 2.45 bits per heavy atom. The Balaban J connectivity index is 1.78. The van der Waals surface area contributed by atoms with Crippen molar-refractivity contribution in [2.45, 2.75) is 32.7 Å². The summed E-state index contributed by atoms with van der Waals surface area (Å²) in [5.41, 5.74) is 1.74. The van der Waals surface area contributed by atoms with E-state index in [9.17, 15) is 14.0 Å². The van der Waals surface area contributed by atoms with E-state index in [0.717, 1.165) is 17.2 Å². The van der Waals surface area contributed by atoms with Gasteiger partial charge in [-0.3, -0.25) is 14.5 Å². The molecule has 0 N–H and O–H groups in total. The topological polar surface area (TPSA) is 76.6 Å². The van der Waals surface area contributed by atoms with Gasteiger partial charge in [0.05, 0.1) is 17.0 Å². The SMILES string of the molecule is Cc1cc(N2C(=O)c3oc4ccc(F)cc4c(=O)c3C2c2ccc(C(C)C)cc2)no1. The number of nitrogens with zero attached hydrogens (tertiary/aromatic N) is 2. The summed E-state index contributed by atoms with van der Waals surface area (Å²) in [6.07, 6.45) is 0. The van der Waals surface area contributed by atoms with Gasteiger partial charge in [-0.2, -0.15) is 0 Å². The van der Waals surface area contributed by atoms with Gasteiger partial charge in [-0.25, -0.2) is 4.39 Å². The third-order valence-corrected chi connectivity index (χ3v) is 5.61. The second-order valence-corrected chi connectivity index (χ2v) is 8.01. The Labute approximate surface area is 176 Å². The summed E-state index contributed by atoms with van der Waals surface area (Å²) in [6, 6.07) is 12.3. The third kappa shape index (κ3) is 2.96. The molecular formula is C24H19FN2O4. The number of carbonyl (C=O) groups excluding carboxylic acids is 1. The van der Waals surface area contributed by atoms with Gasteiger partial charge in [0, 0.05) is 6.07 Å². The molecule has 1 unspecified atom stereocenters. The molecule has 1 atom stereocenters. The summed E-state index contributed by atoms with van der Waals surface area (Å²) < 4.78 is 24.8. The monoisotopic (exact) mass is 418 g/mol. The van der Waals surface area contributed by atoms with E-state index in [1.807, 2.05) is 24.3 Å². The minimum Gasteiger partial charge on any atom is -0.450 e. The molecule has 156 valence electrons. The van der Waals surface area contributed by atoms with Crippen LogP contribution in [0.15, 0.2) is 62.3 Å². The molecule has 2 aromatic heterocycles. The molecule has 0 bridgehead atoms. The molecule has 2 aromatic carbocycles. The van der Waals surface area contributed by atoms with Crippen LogP contribution in [0.4, 0.5) is 10.2 Å². The fraction of sp³-hybridized carbons (Fsp3) is 0.208. The number of hydrogen-bond donors (Lipinski definition) is 0. The molecule has 0 aliphatic carbocycles. The van der Waals surface area contributed by atoms with Crippen LogP contribution < -0.4 is 10.3 Å². The van der Waals surface area contributed by atoms with Gasteiger partial charge < -0.3 is 8.94 Å². The molecule has 6 nitrogen and oxygen atoms in total. The molecule has 0 saturated carbocycles. The average Bonchev–Trinajstić information content (AvgIpc) is 3.30. The fourth-order valence-corrected chi connectivity index (χ4v) is 4.03. The quantitative estimate of drug-likeness (QED) is 0.463. The average molecular weight is 418 g/mol. The Morgan fingerprint density at radius 1 is 1.06 bits per heavy atom. The number of anilines is 1. The lowest BCUT2D eigenvalue weighted by atomic mass is 9.95. The predicted molar refractivity (Wildman–Crippen MR) is 113 cm³/mol. The molecule has 31 heavy (non-hydrogen) atoms. The lowest BCUT2D eigenvalue weighted by molar-refractivity contribution is 0.0969. The molecule has 0 saturated heterocycles. The number of halogens is 1. The molecule has 0 spiro atoms. The maximum atomic E-state index is 13.8. The van der Waals surface area contributed by atoms with Crippen LogP contribution in [0.3, 0.4) is 0 Å². The van der Waals surface area contributed by atoms with Gasteiger partial charge in [-0.05, 0) is 42.2 Å². The first kappa shape index (κ1) is 19.2. The van der Waals surface area contributed by atoms with E-state index in [-0.39, 0.29) is 28.1 Å². The van der Waals surface area contributed by atoms with E-state index in [0.29, 0.717) is 11.7 Å². The Kier molecular flexibility index (Phi) is 4.28. The standard InChI is InChI=1S/C24H19FN2O4/c1-12(2)14-4-6-15(7-5-14)21-20-22(28)17-11-16(25)8-9-18(17)30-23(20)24(29)27(21)19-10-13(3)31-26-19/h4-12,21H,1-3H3. The molecular weight excluding hydrogens is 399 g/mol. The summed E-state index contributed by atoms with van der Waals surface area (Å²) in [5, 5.41) is 4.08. The van der Waals surface area contributed by atoms with Crippen LogP contribution in [0, 0.1) is 12.7 Å². The van der Waals surface area contributed by atoms with E-state index >= 15 is 0 Å². The van der Waals surface area contributed by atoms with E-state index in [1.54, 1.807) is 13.0 Å². The lowest BCUT2D eigenvalue weighted by Crippen LogP contribution is -2.29. The van der Waals surface area contributed by atoms with Gasteiger partial charge in [0.15, 0.2) is 11.2 Å². The maximum Gasteiger partial charge on any atom is 0.296 e. The van der Waals surface area contributed by atoms with Crippen LogP contribution >= 0.6 is 0 Å². The van der Waals surface area contributed by atoms with Crippen molar-refractivity contribution in [1.29, 1.82) is 0 Å². The van der Waals surface area contributed by atoms with Crippen molar-refractivity contribution >= 4 is 22.7 Å². The van der Waals surface area contributed by atoms with Crippen molar-refractivity contribution in [2.24, 2.45) is 0 Å². The highest BCUT2D eigenvalue weighted by Gasteiger charge is 2.44. The number of aromatic nitrogens is 1. The first-order chi connectivity index (χ1) is 14.8. The Bertz CT molecular complexity index is 1390. The molecule has 1 aliphatic rings. The zero-order valence-electron chi connectivity index (χ0n) is 17.2. The maximum absolute atomic E-state index is 13.8. The number of aryl methyl sites for hydroxylation is 1. The minimum atomic E-state index is -0.767. The van der Waals surface area contributed by atoms with Crippen molar-refractivity contribution in [3.05, 3.63) is 92.8 Å². The summed E-state index contributed by atoms with van der Waals surface area (Å²) >= 11 is 0. The first-order valence-corrected chi connectivity index (χ1v) is 9.98. The largest absolute Gasteiger partial charge is 0.450 e. The van der Waals surface area contributed by atoms with E-state index < -0.39 is 23.2 Å². The molecule has 1 aliphatic heterocycles. The van der Waals surface area contributed by atoms with Gasteiger partial charge in [-0.15, -0.1) is 0 Å². The van der Waals surface area contributed by atoms with Crippen molar-refractivity contribution in [1.82, 2.24) is 5.16 Å². The van der Waals surface area contributed by atoms with Crippen molar-refractivity contribution in [3.8, 4) is 0 Å². The molecule has 0 fully saturated rings. The molecule has 0 radical (unpaired) electrons. The number of carbonyl (C=O) groups is 1. The molecule has 7 heteroatoms. The molecule has 1 amide bonds. The fourth-order valence-electron chi connectivity index (χ4n) is 4.03. The number of benzene rings is 2. The smallest absolute Gasteiger partial charge is 0.296 e. The third-order valence-electron chi connectivity index (χ3n) is 5.61. The first-order valence-electron chi connectivity index (χ1n) is 9.98. The van der Waals surface area contributed by atoms with Crippen LogP contribution in [0.5, 0.6) is 0 Å². The van der Waals surface area contributed by atoms with Crippen LogP contribution in [0.25, 0.3) is 11.0 Å². The van der Waals surface area contributed by atoms with Gasteiger partial charge in [0.1, 0.15) is 17.2 Å². The zero-order valence-corrected chi connectivity index (χ0v) is 17.2. The normalized spacial score (nSPS) is 15.8. The molecule has 5 rings (SSSR count). The summed E-state index contributed by atoms with van der Waals surface area (Å²) in [4.78, 5) is 28.2. The van der Waals surface area contributed by atoms with E-state index in [1.165, 1.54) is 17.0 Å². The van der Waals surface area contributed by atoms with Gasteiger partial charge in [0.25, 0.3) is 5.91 Å². The molecule has 3 heterocycles. The number of amides is 1. The Hall–Kier alpha value is -3.74. The van der Waals surface area contributed by atoms with Crippen LogP contribution in [-0.4, -0.2) is 11.1 Å². The van der Waals surface area contributed by atoms with Gasteiger partial charge >= 0.3 is 0 Å². The van der Waals surface area contributed by atoms with Crippen LogP contribution in [0.2, 0.25) is 0 Å². The van der Waals surface area contributed by atoms with E-state index in [4.69, 9.17) is 8.94 Å². The minimum absolute atomic E-state index is 0.0669. The lowest BCUT2D eigenvalue weighted by Gasteiger charge is -2.22. The molecule has 4 aromatic rings. The zero-order chi connectivity index (χ0) is 21.9. The number of hydrogen-bond acceptors (Lipinski definition) is 5. The predicted octanol–water partition coefficient (Wildman–Crippen LogP) is 5.10. The van der Waals surface area contributed by atoms with E-state index in [2.05, 4.69) is 19.0 Å². The highest BCUT2D eigenvalue weighted by molar-refractivity contribution is 6.10. The summed E-state index contributed by atoms with van der Waals surface area (Å²) in [6.45, 7) is 5.89. The van der Waals surface area contributed by atoms with Crippen LogP contribution in [-0.2, 0) is 0 Å². The number of rotatable bonds is 3. The summed E-state index contributed by atoms with van der Waals surface area (Å²) in [5.74, 6) is 0.0247.